The molecule has 4 rings (SSSR count). The van der Waals surface area contributed by atoms with Crippen molar-refractivity contribution < 1.29 is 188 Å². The summed E-state index contributed by atoms with van der Waals surface area (Å²) in [5.41, 5.74) is -1.17. The van der Waals surface area contributed by atoms with Crippen LogP contribution in [0.2, 0.25) is 0 Å². The largest absolute Gasteiger partial charge is 1.00 e. The molecule has 4 aromatic rings. The third-order valence-electron chi connectivity index (χ3n) is 4.65. The van der Waals surface area contributed by atoms with Crippen molar-refractivity contribution in [1.29, 1.82) is 0 Å². The molecule has 0 radical (unpaired) electrons. The van der Waals surface area contributed by atoms with Crippen LogP contribution in [-0.2, 0) is 41.4 Å². The van der Waals surface area contributed by atoms with Crippen LogP contribution in [-0.4, -0.2) is 64.9 Å². The minimum atomic E-state index is -5.60. The van der Waals surface area contributed by atoms with E-state index in [0.717, 1.165) is 24.4 Å². The predicted molar refractivity (Wildman–Crippen MR) is 116 cm³/mol. The van der Waals surface area contributed by atoms with Crippen molar-refractivity contribution in [2.75, 3.05) is 0 Å². The van der Waals surface area contributed by atoms with E-state index in [4.69, 9.17) is 4.74 Å². The Labute approximate surface area is 326 Å². The maximum absolute atomic E-state index is 11.6. The van der Waals surface area contributed by atoms with Crippen molar-refractivity contribution >= 4 is 63.2 Å². The summed E-state index contributed by atoms with van der Waals surface area (Å²) in [4.78, 5) is 0. The van der Waals surface area contributed by atoms with Crippen molar-refractivity contribution in [1.82, 2.24) is 7.94 Å². The minimum absolute atomic E-state index is 0. The van der Waals surface area contributed by atoms with Gasteiger partial charge in [-0.3, -0.25) is 7.94 Å². The molecule has 0 saturated carbocycles. The predicted octanol–water partition coefficient (Wildman–Crippen LogP) is -12.6. The van der Waals surface area contributed by atoms with Crippen molar-refractivity contribution in [3.05, 3.63) is 42.7 Å². The third-order valence-corrected chi connectivity index (χ3v) is 7.02. The first-order valence-corrected chi connectivity index (χ1v) is 14.6. The maximum atomic E-state index is 11.6. The molecule has 0 aliphatic heterocycles. The van der Waals surface area contributed by atoms with Crippen LogP contribution in [0.1, 0.15) is 0 Å². The molecule has 0 spiro atoms. The Balaban J connectivity index is 0.00000420. The van der Waals surface area contributed by atoms with Crippen LogP contribution in [0.25, 0.3) is 21.8 Å². The number of aromatic hydroxyl groups is 1. The van der Waals surface area contributed by atoms with E-state index in [1.54, 1.807) is 0 Å². The zero-order valence-electron chi connectivity index (χ0n) is 21.6. The summed E-state index contributed by atoms with van der Waals surface area (Å²) >= 11 is 0. The van der Waals surface area contributed by atoms with E-state index < -0.39 is 86.6 Å². The Morgan fingerprint density at radius 1 is 0.619 bits per heavy atom. The minimum Gasteiger partial charge on any atom is -0.731 e. The van der Waals surface area contributed by atoms with Gasteiger partial charge in [-0.05, 0) is 18.2 Å². The fourth-order valence-corrected chi connectivity index (χ4v) is 5.25. The number of rotatable bonds is 8. The SMILES string of the molecule is O=S(=O)([O-])Oc1cc2c(ccn2S(=O)(=O)[O-])cc1Oc1c(O)c(OS(=O)(=O)[O-])cc2c1ccn2S(=O)(=O)[O-].[Na+].[Na+].[Na+].[Na+]. The first kappa shape index (κ1) is 42.4. The number of nitrogens with zero attached hydrogens (tertiary/aromatic N) is 2. The van der Waals surface area contributed by atoms with Gasteiger partial charge in [-0.2, -0.15) is 0 Å². The first-order chi connectivity index (χ1) is 17.2. The fraction of sp³-hybridized carbons (Fsp3) is 0. The molecule has 0 aliphatic rings. The Morgan fingerprint density at radius 3 is 1.57 bits per heavy atom. The average Bonchev–Trinajstić information content (AvgIpc) is 3.32. The zero-order chi connectivity index (χ0) is 28.4. The van der Waals surface area contributed by atoms with Gasteiger partial charge in [0.15, 0.2) is 43.6 Å². The second-order valence-electron chi connectivity index (χ2n) is 7.07. The van der Waals surface area contributed by atoms with Crippen LogP contribution in [0.4, 0.5) is 0 Å². The van der Waals surface area contributed by atoms with E-state index in [1.165, 1.54) is 0 Å². The van der Waals surface area contributed by atoms with Gasteiger partial charge >= 0.3 is 118 Å². The summed E-state index contributed by atoms with van der Waals surface area (Å²) in [6.07, 6.45) is 1.41. The first-order valence-electron chi connectivity index (χ1n) is 9.18. The average molecular weight is 704 g/mol. The van der Waals surface area contributed by atoms with Gasteiger partial charge in [0, 0.05) is 35.3 Å². The van der Waals surface area contributed by atoms with Gasteiger partial charge in [-0.15, -0.1) is 0 Å². The van der Waals surface area contributed by atoms with Gasteiger partial charge in [-0.25, -0.2) is 33.7 Å². The standard InChI is InChI=1S/C16H12N2O16S4.4Na/c19-15-14(34-38(29,30)31)7-11-9(2-4-18(11)36(23,24)25)16(15)32-12-5-8-1-3-17(35(20,21)22)10(8)6-13(12)33-37(26,27)28;;;;/h1-7,19H,(H,20,21,22)(H,23,24,25)(H,26,27,28)(H,29,30,31);;;;/q;4*+1/p-4. The molecular weight excluding hydrogens is 696 g/mol. The van der Waals surface area contributed by atoms with E-state index >= 15 is 0 Å². The molecule has 26 heteroatoms. The van der Waals surface area contributed by atoms with E-state index in [-0.39, 0.29) is 132 Å². The Bertz CT molecular complexity index is 2080. The van der Waals surface area contributed by atoms with Crippen LogP contribution in [0.15, 0.2) is 42.7 Å². The zero-order valence-corrected chi connectivity index (χ0v) is 32.9. The van der Waals surface area contributed by atoms with Gasteiger partial charge in [0.05, 0.1) is 11.0 Å². The number of phenolic OH excluding ortho intramolecular Hbond substituents is 1. The molecule has 2 heterocycles. The van der Waals surface area contributed by atoms with Gasteiger partial charge in [-0.1, -0.05) is 0 Å². The molecule has 0 atom stereocenters. The van der Waals surface area contributed by atoms with Crippen molar-refractivity contribution in [2.45, 2.75) is 0 Å². The molecule has 0 fully saturated rings. The smallest absolute Gasteiger partial charge is 0.731 e. The van der Waals surface area contributed by atoms with Crippen LogP contribution < -0.4 is 131 Å². The summed E-state index contributed by atoms with van der Waals surface area (Å²) < 4.78 is 150. The molecule has 2 aromatic carbocycles. The number of hydrogen-bond donors (Lipinski definition) is 1. The molecule has 2 aromatic heterocycles. The van der Waals surface area contributed by atoms with E-state index in [0.29, 0.717) is 18.3 Å². The molecule has 1 N–H and O–H groups in total. The van der Waals surface area contributed by atoms with Gasteiger partial charge in [0.2, 0.25) is 5.75 Å². The molecule has 18 nitrogen and oxygen atoms in total. The van der Waals surface area contributed by atoms with Crippen LogP contribution in [0, 0.1) is 0 Å². The Hall–Kier alpha value is 0.360. The van der Waals surface area contributed by atoms with Gasteiger partial charge < -0.3 is 36.4 Å². The second-order valence-corrected chi connectivity index (χ2v) is 11.5. The number of hydrogen-bond acceptors (Lipinski definition) is 16. The molecule has 0 aliphatic carbocycles. The second kappa shape index (κ2) is 14.8. The van der Waals surface area contributed by atoms with Gasteiger partial charge in [0.25, 0.3) is 20.8 Å². The number of ether oxygens (including phenoxy) is 1. The number of benzene rings is 2. The summed E-state index contributed by atoms with van der Waals surface area (Å²) in [7, 11) is -21.7. The van der Waals surface area contributed by atoms with Gasteiger partial charge in [0.1, 0.15) is 0 Å². The van der Waals surface area contributed by atoms with Crippen LogP contribution >= 0.6 is 0 Å². The molecule has 42 heavy (non-hydrogen) atoms. The summed E-state index contributed by atoms with van der Waals surface area (Å²) in [6, 6.07) is 3.80. The third kappa shape index (κ3) is 9.68. The molecule has 206 valence electrons. The quantitative estimate of drug-likeness (QED) is 0.101. The Morgan fingerprint density at radius 2 is 1.07 bits per heavy atom. The molecule has 0 bridgehead atoms. The van der Waals surface area contributed by atoms with E-state index in [2.05, 4.69) is 8.37 Å². The van der Waals surface area contributed by atoms with Crippen LogP contribution in [0.3, 0.4) is 0 Å². The summed E-state index contributed by atoms with van der Waals surface area (Å²) in [6.45, 7) is 0. The maximum Gasteiger partial charge on any atom is 1.00 e. The number of aromatic nitrogens is 2. The van der Waals surface area contributed by atoms with Crippen LogP contribution in [0.5, 0.6) is 28.7 Å². The van der Waals surface area contributed by atoms with E-state index in [9.17, 15) is 57.0 Å². The molecule has 0 amide bonds. The monoisotopic (exact) mass is 704 g/mol. The molecule has 0 saturated heterocycles. The van der Waals surface area contributed by atoms with Crippen molar-refractivity contribution in [3.63, 3.8) is 0 Å². The number of fused-ring (bicyclic) bond motifs is 2. The van der Waals surface area contributed by atoms with Crippen molar-refractivity contribution in [3.8, 4) is 28.7 Å². The summed E-state index contributed by atoms with van der Waals surface area (Å²) in [5, 5.41) is 9.95. The molecular formula is C16H8N2Na4O16S4. The Kier molecular flexibility index (Phi) is 15.0. The normalized spacial score (nSPS) is 11.9. The topological polar surface area (TPSA) is 287 Å². The summed E-state index contributed by atoms with van der Waals surface area (Å²) in [5.74, 6) is -5.30. The van der Waals surface area contributed by atoms with E-state index in [1.807, 2.05) is 0 Å². The number of phenols is 1. The van der Waals surface area contributed by atoms with Crippen molar-refractivity contribution in [2.24, 2.45) is 0 Å². The fourth-order valence-electron chi connectivity index (χ4n) is 3.34. The molecule has 0 unspecified atom stereocenters.